The van der Waals surface area contributed by atoms with Crippen LogP contribution in [0.25, 0.3) is 0 Å². The van der Waals surface area contributed by atoms with Crippen molar-refractivity contribution in [3.8, 4) is 5.75 Å². The van der Waals surface area contributed by atoms with Gasteiger partial charge in [0.25, 0.3) is 5.91 Å². The third kappa shape index (κ3) is 3.88. The number of carbonyl (C=O) groups is 2. The second-order valence-electron chi connectivity index (χ2n) is 7.01. The van der Waals surface area contributed by atoms with Crippen LogP contribution in [0, 0.1) is 6.92 Å². The van der Waals surface area contributed by atoms with Gasteiger partial charge in [0.1, 0.15) is 17.9 Å². The van der Waals surface area contributed by atoms with Crippen molar-refractivity contribution in [3.63, 3.8) is 0 Å². The van der Waals surface area contributed by atoms with Crippen molar-refractivity contribution >= 4 is 23.2 Å². The van der Waals surface area contributed by atoms with E-state index in [1.807, 2.05) is 24.4 Å². The topological polar surface area (TPSA) is 72.0 Å². The summed E-state index contributed by atoms with van der Waals surface area (Å²) in [7, 11) is 0. The normalized spacial score (nSPS) is 22.3. The van der Waals surface area contributed by atoms with Gasteiger partial charge in [-0.05, 0) is 36.1 Å². The van der Waals surface area contributed by atoms with Gasteiger partial charge >= 0.3 is 0 Å². The number of carbonyl (C=O) groups excluding carboxylic acids is 2. The maximum Gasteiger partial charge on any atom is 0.265 e. The summed E-state index contributed by atoms with van der Waals surface area (Å²) < 4.78 is 11.4. The van der Waals surface area contributed by atoms with Gasteiger partial charge in [-0.1, -0.05) is 0 Å². The predicted octanol–water partition coefficient (Wildman–Crippen LogP) is 1.97. The van der Waals surface area contributed by atoms with Crippen molar-refractivity contribution in [1.29, 1.82) is 0 Å². The fourth-order valence-electron chi connectivity index (χ4n) is 3.67. The molecule has 0 aliphatic carbocycles. The van der Waals surface area contributed by atoms with E-state index in [2.05, 4.69) is 4.98 Å². The van der Waals surface area contributed by atoms with Crippen molar-refractivity contribution in [1.82, 2.24) is 14.8 Å². The smallest absolute Gasteiger partial charge is 0.265 e. The zero-order valence-electron chi connectivity index (χ0n) is 15.7. The Kier molecular flexibility index (Phi) is 5.59. The first-order valence-electron chi connectivity index (χ1n) is 9.42. The van der Waals surface area contributed by atoms with Gasteiger partial charge in [-0.2, -0.15) is 0 Å². The van der Waals surface area contributed by atoms with E-state index in [9.17, 15) is 9.59 Å². The number of nitrogens with zero attached hydrogens (tertiary/aromatic N) is 3. The summed E-state index contributed by atoms with van der Waals surface area (Å²) in [5.74, 6) is 0.520. The molecule has 8 heteroatoms. The second-order valence-corrected chi connectivity index (χ2v) is 7.92. The largest absolute Gasteiger partial charge is 0.487 e. The highest BCUT2D eigenvalue weighted by molar-refractivity contribution is 7.12. The molecule has 0 radical (unpaired) electrons. The number of ether oxygens (including phenoxy) is 2. The van der Waals surface area contributed by atoms with Gasteiger partial charge in [-0.25, -0.2) is 0 Å². The summed E-state index contributed by atoms with van der Waals surface area (Å²) in [5, 5.41) is 1.90. The van der Waals surface area contributed by atoms with E-state index in [1.165, 1.54) is 11.3 Å². The number of hydrogen-bond donors (Lipinski definition) is 0. The molecule has 4 rings (SSSR count). The molecule has 148 valence electrons. The summed E-state index contributed by atoms with van der Waals surface area (Å²) in [6, 6.07) is 5.04. The minimum Gasteiger partial charge on any atom is -0.487 e. The molecule has 2 aromatic rings. The number of likely N-dealkylation sites (tertiary alicyclic amines) is 1. The van der Waals surface area contributed by atoms with Crippen LogP contribution in [0.2, 0.25) is 0 Å². The van der Waals surface area contributed by atoms with Gasteiger partial charge in [0.2, 0.25) is 5.91 Å². The van der Waals surface area contributed by atoms with Crippen LogP contribution in [-0.4, -0.2) is 71.6 Å². The number of aryl methyl sites for hydroxylation is 1. The summed E-state index contributed by atoms with van der Waals surface area (Å²) >= 11 is 1.41. The monoisotopic (exact) mass is 401 g/mol. The number of thiophene rings is 1. The van der Waals surface area contributed by atoms with Gasteiger partial charge in [0, 0.05) is 25.7 Å². The van der Waals surface area contributed by atoms with E-state index in [4.69, 9.17) is 9.47 Å². The Balaban J connectivity index is 1.55. The highest BCUT2D eigenvalue weighted by atomic mass is 32.1. The van der Waals surface area contributed by atoms with Crippen molar-refractivity contribution < 1.29 is 19.1 Å². The average molecular weight is 401 g/mol. The van der Waals surface area contributed by atoms with Gasteiger partial charge in [0.05, 0.1) is 30.8 Å². The Morgan fingerprint density at radius 3 is 2.79 bits per heavy atom. The first-order chi connectivity index (χ1) is 13.6. The van der Waals surface area contributed by atoms with Crippen LogP contribution in [0.3, 0.4) is 0 Å². The van der Waals surface area contributed by atoms with Crippen LogP contribution in [0.1, 0.15) is 21.7 Å². The van der Waals surface area contributed by atoms with Crippen LogP contribution in [-0.2, 0) is 9.53 Å². The zero-order valence-corrected chi connectivity index (χ0v) is 16.6. The van der Waals surface area contributed by atoms with E-state index in [-0.39, 0.29) is 17.9 Å². The van der Waals surface area contributed by atoms with Crippen molar-refractivity contribution in [2.45, 2.75) is 25.5 Å². The molecule has 0 aromatic carbocycles. The van der Waals surface area contributed by atoms with Crippen LogP contribution in [0.15, 0.2) is 36.0 Å². The fourth-order valence-corrected chi connectivity index (χ4v) is 4.55. The third-order valence-electron chi connectivity index (χ3n) is 5.12. The van der Waals surface area contributed by atoms with E-state index in [0.29, 0.717) is 49.9 Å². The molecule has 0 spiro atoms. The van der Waals surface area contributed by atoms with Gasteiger partial charge < -0.3 is 19.3 Å². The molecule has 28 heavy (non-hydrogen) atoms. The molecule has 4 heterocycles. The summed E-state index contributed by atoms with van der Waals surface area (Å²) in [5.41, 5.74) is 0.934. The fraction of sp³-hybridized carbons (Fsp3) is 0.450. The molecule has 2 aliphatic rings. The summed E-state index contributed by atoms with van der Waals surface area (Å²) in [4.78, 5) is 34.6. The highest BCUT2D eigenvalue weighted by Crippen LogP contribution is 2.28. The minimum atomic E-state index is -0.520. The Bertz CT molecular complexity index is 835. The lowest BCUT2D eigenvalue weighted by Gasteiger charge is -2.32. The third-order valence-corrected chi connectivity index (χ3v) is 6.13. The molecular formula is C20H23N3O4S. The first-order valence-corrected chi connectivity index (χ1v) is 10.3. The summed E-state index contributed by atoms with van der Waals surface area (Å²) in [6.45, 7) is 4.49. The van der Waals surface area contributed by atoms with E-state index >= 15 is 0 Å². The number of amides is 2. The molecule has 2 aliphatic heterocycles. The van der Waals surface area contributed by atoms with E-state index < -0.39 is 6.04 Å². The quantitative estimate of drug-likeness (QED) is 0.783. The van der Waals surface area contributed by atoms with E-state index in [0.717, 1.165) is 5.56 Å². The SMILES string of the molecule is Cc1ccsc1C(=O)N1C[C@@H](Oc2cccnc2)C[C@@H]1C(=O)N1CCOCC1. The van der Waals surface area contributed by atoms with Crippen LogP contribution >= 0.6 is 11.3 Å². The standard InChI is InChI=1S/C20H23N3O4S/c1-14-4-10-28-18(14)20(25)23-13-16(27-15-3-2-5-21-12-15)11-17(23)19(24)22-6-8-26-9-7-22/h2-5,10,12,16-17H,6-9,11,13H2,1H3/t16-,17+/m0/s1. The Labute approximate surface area is 167 Å². The Hall–Kier alpha value is -2.45. The number of aromatic nitrogens is 1. The van der Waals surface area contributed by atoms with Crippen LogP contribution in [0.4, 0.5) is 0 Å². The van der Waals surface area contributed by atoms with Crippen molar-refractivity contribution in [2.24, 2.45) is 0 Å². The van der Waals surface area contributed by atoms with Crippen molar-refractivity contribution in [2.75, 3.05) is 32.8 Å². The molecule has 2 aromatic heterocycles. The molecule has 0 N–H and O–H groups in total. The van der Waals surface area contributed by atoms with Gasteiger partial charge in [-0.3, -0.25) is 14.6 Å². The molecule has 0 bridgehead atoms. The molecular weight excluding hydrogens is 378 g/mol. The maximum atomic E-state index is 13.2. The lowest BCUT2D eigenvalue weighted by molar-refractivity contribution is -0.139. The Morgan fingerprint density at radius 1 is 1.29 bits per heavy atom. The average Bonchev–Trinajstić information content (AvgIpc) is 3.35. The Morgan fingerprint density at radius 2 is 2.11 bits per heavy atom. The molecule has 0 unspecified atom stereocenters. The van der Waals surface area contributed by atoms with Gasteiger partial charge in [-0.15, -0.1) is 11.3 Å². The number of pyridine rings is 1. The number of rotatable bonds is 4. The number of morpholine rings is 1. The zero-order chi connectivity index (χ0) is 19.5. The number of hydrogen-bond acceptors (Lipinski definition) is 6. The van der Waals surface area contributed by atoms with Gasteiger partial charge in [0.15, 0.2) is 0 Å². The first kappa shape index (κ1) is 18.9. The summed E-state index contributed by atoms with van der Waals surface area (Å²) in [6.07, 6.45) is 3.55. The molecule has 0 saturated carbocycles. The second kappa shape index (κ2) is 8.28. The maximum absolute atomic E-state index is 13.2. The van der Waals surface area contributed by atoms with E-state index in [1.54, 1.807) is 28.3 Å². The molecule has 2 fully saturated rings. The molecule has 2 amide bonds. The molecule has 7 nitrogen and oxygen atoms in total. The molecule has 2 saturated heterocycles. The minimum absolute atomic E-state index is 0.0249. The lowest BCUT2D eigenvalue weighted by Crippen LogP contribution is -2.51. The molecule has 2 atom stereocenters. The van der Waals surface area contributed by atoms with Crippen LogP contribution < -0.4 is 4.74 Å². The van der Waals surface area contributed by atoms with Crippen LogP contribution in [0.5, 0.6) is 5.75 Å². The lowest BCUT2D eigenvalue weighted by atomic mass is 10.1. The highest BCUT2D eigenvalue weighted by Gasteiger charge is 2.43. The van der Waals surface area contributed by atoms with Crippen molar-refractivity contribution in [3.05, 3.63) is 46.4 Å². The predicted molar refractivity (Wildman–Crippen MR) is 105 cm³/mol.